The van der Waals surface area contributed by atoms with Crippen LogP contribution in [0.3, 0.4) is 0 Å². The molecular formula is C27H40N4O7. The fourth-order valence-corrected chi connectivity index (χ4v) is 5.32. The van der Waals surface area contributed by atoms with Crippen molar-refractivity contribution < 1.29 is 34.8 Å². The normalized spacial score (nSPS) is 26.0. The number of hydrogen-bond acceptors (Lipinski definition) is 10. The van der Waals surface area contributed by atoms with Crippen molar-refractivity contribution in [3.8, 4) is 5.75 Å². The third kappa shape index (κ3) is 4.65. The summed E-state index contributed by atoms with van der Waals surface area (Å²) in [6, 6.07) is 0.214. The molecule has 0 bridgehead atoms. The number of nitrogens with one attached hydrogen (secondary N) is 1. The maximum absolute atomic E-state index is 13.6. The van der Waals surface area contributed by atoms with Crippen molar-refractivity contribution >= 4 is 28.9 Å². The molecule has 0 saturated heterocycles. The standard InChI is InChI=1S/C23H28N4O7.2C2H6/c1-7(2)27-6-9-5-12(24)10-3-8-4-11-16(25)19(30)15(22(26)33)21(32)23(11,34)20(31)13(8)18(29)14(10)17(9)28;2*1-2/h5,7-8,11,16,27-29,32,34H,3-4,6,24-25H2,1-2H3,(H2,26,33);2*1-2H3/t8?,11-,16?,23-;;/m0../s1. The Labute approximate surface area is 222 Å². The Balaban J connectivity index is 0.00000121. The van der Waals surface area contributed by atoms with Crippen LogP contribution < -0.4 is 22.5 Å². The number of rotatable bonds is 4. The van der Waals surface area contributed by atoms with E-state index in [2.05, 4.69) is 5.32 Å². The summed E-state index contributed by atoms with van der Waals surface area (Å²) in [5.41, 5.74) is 14.6. The number of aromatic hydroxyl groups is 1. The number of primary amides is 1. The highest BCUT2D eigenvalue weighted by molar-refractivity contribution is 6.24. The van der Waals surface area contributed by atoms with Crippen LogP contribution in [0.5, 0.6) is 5.75 Å². The first-order valence-electron chi connectivity index (χ1n) is 12.9. The lowest BCUT2D eigenvalue weighted by Crippen LogP contribution is -2.65. The number of carbonyl (C=O) groups excluding carboxylic acids is 3. The molecule has 38 heavy (non-hydrogen) atoms. The number of aliphatic hydroxyl groups is 3. The molecule has 11 heteroatoms. The van der Waals surface area contributed by atoms with Gasteiger partial charge in [0.15, 0.2) is 11.4 Å². The van der Waals surface area contributed by atoms with Crippen molar-refractivity contribution in [1.82, 2.24) is 5.32 Å². The number of phenols is 1. The van der Waals surface area contributed by atoms with Gasteiger partial charge < -0.3 is 42.9 Å². The summed E-state index contributed by atoms with van der Waals surface area (Å²) in [5.74, 6) is -7.41. The van der Waals surface area contributed by atoms with Crippen molar-refractivity contribution in [1.29, 1.82) is 0 Å². The number of nitrogen functional groups attached to an aromatic ring is 1. The van der Waals surface area contributed by atoms with Crippen molar-refractivity contribution in [2.45, 2.75) is 78.6 Å². The zero-order valence-electron chi connectivity index (χ0n) is 22.8. The van der Waals surface area contributed by atoms with E-state index in [0.717, 1.165) is 0 Å². The Morgan fingerprint density at radius 2 is 1.74 bits per heavy atom. The monoisotopic (exact) mass is 532 g/mol. The summed E-state index contributed by atoms with van der Waals surface area (Å²) in [5, 5.41) is 47.2. The van der Waals surface area contributed by atoms with Gasteiger partial charge in [0.1, 0.15) is 22.8 Å². The summed E-state index contributed by atoms with van der Waals surface area (Å²) >= 11 is 0. The molecule has 11 nitrogen and oxygen atoms in total. The molecule has 1 amide bonds. The molecule has 2 unspecified atom stereocenters. The van der Waals surface area contributed by atoms with Crippen LogP contribution in [0.4, 0.5) is 5.69 Å². The van der Waals surface area contributed by atoms with Crippen LogP contribution in [-0.2, 0) is 27.3 Å². The van der Waals surface area contributed by atoms with Crippen LogP contribution in [0.15, 0.2) is 23.0 Å². The van der Waals surface area contributed by atoms with Crippen LogP contribution in [0, 0.1) is 11.8 Å². The fraction of sp³-hybridized carbons (Fsp3) is 0.519. The number of anilines is 1. The highest BCUT2D eigenvalue weighted by Gasteiger charge is 2.63. The molecule has 1 aromatic rings. The number of fused-ring (bicyclic) bond motifs is 3. The molecule has 210 valence electrons. The van der Waals surface area contributed by atoms with Crippen molar-refractivity contribution in [2.24, 2.45) is 23.3 Å². The van der Waals surface area contributed by atoms with E-state index in [1.54, 1.807) is 6.07 Å². The Hall–Kier alpha value is -3.41. The molecule has 1 saturated carbocycles. The first-order chi connectivity index (χ1) is 17.8. The summed E-state index contributed by atoms with van der Waals surface area (Å²) < 4.78 is 0. The van der Waals surface area contributed by atoms with Crippen LogP contribution in [0.25, 0.3) is 5.76 Å². The lowest BCUT2D eigenvalue weighted by Gasteiger charge is -2.48. The minimum atomic E-state index is -2.73. The van der Waals surface area contributed by atoms with Crippen LogP contribution in [0.1, 0.15) is 64.7 Å². The van der Waals surface area contributed by atoms with Gasteiger partial charge in [-0.25, -0.2) is 0 Å². The van der Waals surface area contributed by atoms with E-state index in [0.29, 0.717) is 16.8 Å². The zero-order valence-corrected chi connectivity index (χ0v) is 22.8. The van der Waals surface area contributed by atoms with Crippen LogP contribution in [0.2, 0.25) is 0 Å². The number of benzene rings is 1. The first kappa shape index (κ1) is 30.8. The predicted octanol–water partition coefficient (Wildman–Crippen LogP) is 1.49. The lowest BCUT2D eigenvalue weighted by atomic mass is 9.58. The molecule has 1 aromatic carbocycles. The van der Waals surface area contributed by atoms with Crippen molar-refractivity contribution in [3.05, 3.63) is 39.7 Å². The van der Waals surface area contributed by atoms with Gasteiger partial charge in [0.25, 0.3) is 5.91 Å². The van der Waals surface area contributed by atoms with E-state index in [9.17, 15) is 34.8 Å². The summed E-state index contributed by atoms with van der Waals surface area (Å²) in [7, 11) is 0. The second-order valence-corrected chi connectivity index (χ2v) is 9.44. The molecule has 0 spiro atoms. The van der Waals surface area contributed by atoms with Crippen LogP contribution >= 0.6 is 0 Å². The van der Waals surface area contributed by atoms with Gasteiger partial charge in [0.05, 0.1) is 11.6 Å². The summed E-state index contributed by atoms with van der Waals surface area (Å²) in [4.78, 5) is 37.9. The van der Waals surface area contributed by atoms with Gasteiger partial charge >= 0.3 is 0 Å². The topological polar surface area (TPSA) is 222 Å². The number of carbonyl (C=O) groups is 3. The minimum Gasteiger partial charge on any atom is -0.508 e. The molecule has 0 heterocycles. The van der Waals surface area contributed by atoms with E-state index in [4.69, 9.17) is 17.2 Å². The molecule has 0 aromatic heterocycles. The maximum atomic E-state index is 13.6. The Morgan fingerprint density at radius 3 is 2.26 bits per heavy atom. The third-order valence-electron chi connectivity index (χ3n) is 7.07. The molecule has 4 atom stereocenters. The molecule has 1 fully saturated rings. The number of nitrogens with two attached hydrogens (primary N) is 3. The van der Waals surface area contributed by atoms with Gasteiger partial charge in [-0.3, -0.25) is 14.4 Å². The molecule has 3 aliphatic carbocycles. The highest BCUT2D eigenvalue weighted by Crippen LogP contribution is 2.52. The average molecular weight is 533 g/mol. The lowest BCUT2D eigenvalue weighted by molar-refractivity contribution is -0.149. The van der Waals surface area contributed by atoms with Crippen molar-refractivity contribution in [2.75, 3.05) is 5.73 Å². The van der Waals surface area contributed by atoms with Gasteiger partial charge in [0, 0.05) is 35.3 Å². The summed E-state index contributed by atoms with van der Waals surface area (Å²) in [6.45, 7) is 12.1. The molecule has 0 radical (unpaired) electrons. The molecule has 11 N–H and O–H groups in total. The molecule has 4 rings (SSSR count). The third-order valence-corrected chi connectivity index (χ3v) is 7.07. The van der Waals surface area contributed by atoms with E-state index in [1.165, 1.54) is 0 Å². The largest absolute Gasteiger partial charge is 0.508 e. The second kappa shape index (κ2) is 11.5. The van der Waals surface area contributed by atoms with E-state index in [-0.39, 0.29) is 42.3 Å². The smallest absolute Gasteiger partial charge is 0.255 e. The number of hydrogen-bond donors (Lipinski definition) is 8. The Bertz CT molecular complexity index is 1200. The number of Topliss-reactive ketones (excluding diaryl/α,β-unsaturated/α-hetero) is 2. The van der Waals surface area contributed by atoms with Crippen LogP contribution in [-0.4, -0.2) is 55.6 Å². The zero-order chi connectivity index (χ0) is 29.3. The van der Waals surface area contributed by atoms with Gasteiger partial charge in [0.2, 0.25) is 5.78 Å². The van der Waals surface area contributed by atoms with Gasteiger partial charge in [-0.05, 0) is 30.4 Å². The molecular weight excluding hydrogens is 492 g/mol. The fourth-order valence-electron chi connectivity index (χ4n) is 5.32. The molecule has 0 aliphatic heterocycles. The predicted molar refractivity (Wildman–Crippen MR) is 144 cm³/mol. The van der Waals surface area contributed by atoms with Gasteiger partial charge in [-0.1, -0.05) is 41.5 Å². The SMILES string of the molecule is CC.CC.CC(C)NCc1cc(N)c2c(c1O)C(O)=C1C(=O)[C@]3(O)C(O)=C(C(N)=O)C(=O)C(N)[C@@H]3CC1C2. The second-order valence-electron chi connectivity index (χ2n) is 9.44. The summed E-state index contributed by atoms with van der Waals surface area (Å²) in [6.07, 6.45) is 0.0549. The quantitative estimate of drug-likeness (QED) is 0.158. The van der Waals surface area contributed by atoms with E-state index in [1.807, 2.05) is 41.5 Å². The maximum Gasteiger partial charge on any atom is 0.255 e. The molecule has 3 aliphatic rings. The minimum absolute atomic E-state index is 0.0306. The Kier molecular flexibility index (Phi) is 9.36. The first-order valence-corrected chi connectivity index (χ1v) is 12.9. The Morgan fingerprint density at radius 1 is 1.16 bits per heavy atom. The van der Waals surface area contributed by atoms with E-state index >= 15 is 0 Å². The van der Waals surface area contributed by atoms with E-state index < -0.39 is 58.0 Å². The number of phenolic OH excluding ortho intramolecular Hbond substituents is 1. The van der Waals surface area contributed by atoms with Gasteiger partial charge in [-0.15, -0.1) is 0 Å². The van der Waals surface area contributed by atoms with Crippen molar-refractivity contribution in [3.63, 3.8) is 0 Å². The van der Waals surface area contributed by atoms with Gasteiger partial charge in [-0.2, -0.15) is 0 Å². The highest BCUT2D eigenvalue weighted by atomic mass is 16.3. The number of ketones is 2. The number of aliphatic hydroxyl groups excluding tert-OH is 2. The average Bonchev–Trinajstić information content (AvgIpc) is 2.88. The number of amides is 1.